The zero-order chi connectivity index (χ0) is 12.3. The van der Waals surface area contributed by atoms with Gasteiger partial charge >= 0.3 is 0 Å². The van der Waals surface area contributed by atoms with E-state index in [2.05, 4.69) is 0 Å². The normalized spacial score (nSPS) is 12.4. The van der Waals surface area contributed by atoms with Crippen LogP contribution >= 0.6 is 11.3 Å². The summed E-state index contributed by atoms with van der Waals surface area (Å²) in [5.74, 6) is 0.831. The summed E-state index contributed by atoms with van der Waals surface area (Å²) in [5, 5.41) is 10.1. The van der Waals surface area contributed by atoms with Crippen LogP contribution in [-0.2, 0) is 6.42 Å². The van der Waals surface area contributed by atoms with Crippen LogP contribution in [0.4, 0.5) is 0 Å². The van der Waals surface area contributed by atoms with Crippen molar-refractivity contribution in [3.8, 4) is 5.75 Å². The number of ether oxygens (including phenoxy) is 1. The molecule has 0 aliphatic carbocycles. The molecule has 0 bridgehead atoms. The Balaban J connectivity index is 2.09. The Kier molecular flexibility index (Phi) is 3.82. The van der Waals surface area contributed by atoms with Gasteiger partial charge in [0.2, 0.25) is 0 Å². The molecule has 0 saturated carbocycles. The zero-order valence-corrected chi connectivity index (χ0v) is 10.8. The van der Waals surface area contributed by atoms with Gasteiger partial charge < -0.3 is 9.84 Å². The second-order valence-corrected chi connectivity index (χ2v) is 5.34. The van der Waals surface area contributed by atoms with E-state index >= 15 is 0 Å². The van der Waals surface area contributed by atoms with Gasteiger partial charge in [-0.25, -0.2) is 0 Å². The fourth-order valence-corrected chi connectivity index (χ4v) is 2.62. The SMILES string of the molecule is COc1cccc(CC(O)c2ccc(C)s2)c1. The molecule has 1 heterocycles. The van der Waals surface area contributed by atoms with Crippen molar-refractivity contribution in [2.45, 2.75) is 19.4 Å². The number of methoxy groups -OCH3 is 1. The van der Waals surface area contributed by atoms with Gasteiger partial charge in [-0.1, -0.05) is 12.1 Å². The minimum atomic E-state index is -0.430. The Morgan fingerprint density at radius 1 is 1.29 bits per heavy atom. The summed E-state index contributed by atoms with van der Waals surface area (Å²) in [6, 6.07) is 11.8. The molecule has 17 heavy (non-hydrogen) atoms. The molecule has 1 aromatic carbocycles. The highest BCUT2D eigenvalue weighted by Crippen LogP contribution is 2.26. The van der Waals surface area contributed by atoms with E-state index in [4.69, 9.17) is 4.74 Å². The number of benzene rings is 1. The third-order valence-electron chi connectivity index (χ3n) is 2.65. The second kappa shape index (κ2) is 5.34. The van der Waals surface area contributed by atoms with Gasteiger partial charge in [-0.05, 0) is 36.8 Å². The Labute approximate surface area is 105 Å². The van der Waals surface area contributed by atoms with E-state index < -0.39 is 6.10 Å². The molecule has 1 N–H and O–H groups in total. The van der Waals surface area contributed by atoms with Crippen molar-refractivity contribution in [1.29, 1.82) is 0 Å². The third-order valence-corrected chi connectivity index (χ3v) is 3.75. The zero-order valence-electron chi connectivity index (χ0n) is 10.0. The summed E-state index contributed by atoms with van der Waals surface area (Å²) in [6.07, 6.45) is 0.192. The fraction of sp³-hybridized carbons (Fsp3) is 0.286. The maximum Gasteiger partial charge on any atom is 0.119 e. The van der Waals surface area contributed by atoms with Gasteiger partial charge in [-0.2, -0.15) is 0 Å². The van der Waals surface area contributed by atoms with Crippen LogP contribution in [0.1, 0.15) is 21.4 Å². The molecule has 1 unspecified atom stereocenters. The van der Waals surface area contributed by atoms with Gasteiger partial charge in [0.1, 0.15) is 5.75 Å². The summed E-state index contributed by atoms with van der Waals surface area (Å²) < 4.78 is 5.17. The summed E-state index contributed by atoms with van der Waals surface area (Å²) in [5.41, 5.74) is 1.09. The maximum absolute atomic E-state index is 10.1. The quantitative estimate of drug-likeness (QED) is 0.899. The van der Waals surface area contributed by atoms with Crippen LogP contribution in [0.2, 0.25) is 0 Å². The molecule has 3 heteroatoms. The predicted octanol–water partition coefficient (Wildman–Crippen LogP) is 3.34. The van der Waals surface area contributed by atoms with Crippen molar-refractivity contribution < 1.29 is 9.84 Å². The van der Waals surface area contributed by atoms with Gasteiger partial charge in [0.15, 0.2) is 0 Å². The van der Waals surface area contributed by atoms with E-state index in [1.807, 2.05) is 43.3 Å². The molecule has 0 spiro atoms. The minimum Gasteiger partial charge on any atom is -0.497 e. The first-order valence-corrected chi connectivity index (χ1v) is 6.38. The molecule has 90 valence electrons. The fourth-order valence-electron chi connectivity index (χ4n) is 1.76. The van der Waals surface area contributed by atoms with Gasteiger partial charge in [0, 0.05) is 16.2 Å². The number of rotatable bonds is 4. The molecular formula is C14H16O2S. The molecule has 0 aliphatic rings. The van der Waals surface area contributed by atoms with Gasteiger partial charge in [0.25, 0.3) is 0 Å². The highest BCUT2D eigenvalue weighted by molar-refractivity contribution is 7.12. The molecule has 0 fully saturated rings. The molecule has 2 aromatic rings. The first kappa shape index (κ1) is 12.1. The number of aliphatic hydroxyl groups is 1. The Hall–Kier alpha value is -1.32. The lowest BCUT2D eigenvalue weighted by molar-refractivity contribution is 0.182. The summed E-state index contributed by atoms with van der Waals surface area (Å²) >= 11 is 1.64. The summed E-state index contributed by atoms with van der Waals surface area (Å²) in [7, 11) is 1.65. The number of hydrogen-bond donors (Lipinski definition) is 1. The molecule has 1 aromatic heterocycles. The van der Waals surface area contributed by atoms with E-state index in [0.717, 1.165) is 16.2 Å². The van der Waals surface area contributed by atoms with Crippen LogP contribution in [0, 0.1) is 6.92 Å². The van der Waals surface area contributed by atoms with Crippen LogP contribution in [-0.4, -0.2) is 12.2 Å². The lowest BCUT2D eigenvalue weighted by Gasteiger charge is -2.09. The van der Waals surface area contributed by atoms with E-state index in [1.54, 1.807) is 18.4 Å². The maximum atomic E-state index is 10.1. The molecule has 0 saturated heterocycles. The van der Waals surface area contributed by atoms with Crippen LogP contribution < -0.4 is 4.74 Å². The number of hydrogen-bond acceptors (Lipinski definition) is 3. The van der Waals surface area contributed by atoms with Crippen molar-refractivity contribution >= 4 is 11.3 Å². The van der Waals surface area contributed by atoms with E-state index in [1.165, 1.54) is 4.88 Å². The van der Waals surface area contributed by atoms with E-state index in [9.17, 15) is 5.11 Å². The van der Waals surface area contributed by atoms with Crippen molar-refractivity contribution in [1.82, 2.24) is 0 Å². The minimum absolute atomic E-state index is 0.430. The number of thiophene rings is 1. The van der Waals surface area contributed by atoms with Crippen LogP contribution in [0.5, 0.6) is 5.75 Å². The number of aliphatic hydroxyl groups excluding tert-OH is 1. The summed E-state index contributed by atoms with van der Waals surface area (Å²) in [4.78, 5) is 2.25. The lowest BCUT2D eigenvalue weighted by Crippen LogP contribution is -1.99. The highest BCUT2D eigenvalue weighted by Gasteiger charge is 2.10. The van der Waals surface area contributed by atoms with Crippen molar-refractivity contribution in [2.24, 2.45) is 0 Å². The molecule has 0 amide bonds. The molecule has 2 rings (SSSR count). The second-order valence-electron chi connectivity index (χ2n) is 4.02. The van der Waals surface area contributed by atoms with Gasteiger partial charge in [0.05, 0.1) is 13.2 Å². The van der Waals surface area contributed by atoms with E-state index in [0.29, 0.717) is 6.42 Å². The first-order chi connectivity index (χ1) is 8.19. The monoisotopic (exact) mass is 248 g/mol. The standard InChI is InChI=1S/C14H16O2S/c1-10-6-7-14(17-10)13(15)9-11-4-3-5-12(8-11)16-2/h3-8,13,15H,9H2,1-2H3. The molecule has 1 atom stereocenters. The van der Waals surface area contributed by atoms with Crippen molar-refractivity contribution in [3.63, 3.8) is 0 Å². The van der Waals surface area contributed by atoms with Crippen LogP contribution in [0.15, 0.2) is 36.4 Å². The Bertz CT molecular complexity index is 490. The smallest absolute Gasteiger partial charge is 0.119 e. The highest BCUT2D eigenvalue weighted by atomic mass is 32.1. The largest absolute Gasteiger partial charge is 0.497 e. The topological polar surface area (TPSA) is 29.5 Å². The Morgan fingerprint density at radius 3 is 2.76 bits per heavy atom. The van der Waals surface area contributed by atoms with Crippen LogP contribution in [0.25, 0.3) is 0 Å². The first-order valence-electron chi connectivity index (χ1n) is 5.56. The number of aryl methyl sites for hydroxylation is 1. The average molecular weight is 248 g/mol. The van der Waals surface area contributed by atoms with Crippen molar-refractivity contribution in [2.75, 3.05) is 7.11 Å². The average Bonchev–Trinajstić information content (AvgIpc) is 2.76. The Morgan fingerprint density at radius 2 is 2.12 bits per heavy atom. The molecule has 0 aliphatic heterocycles. The third kappa shape index (κ3) is 3.08. The molecular weight excluding hydrogens is 232 g/mol. The summed E-state index contributed by atoms with van der Waals surface area (Å²) in [6.45, 7) is 2.05. The lowest BCUT2D eigenvalue weighted by atomic mass is 10.1. The predicted molar refractivity (Wildman–Crippen MR) is 70.7 cm³/mol. The molecule has 0 radical (unpaired) electrons. The van der Waals surface area contributed by atoms with E-state index in [-0.39, 0.29) is 0 Å². The molecule has 2 nitrogen and oxygen atoms in total. The van der Waals surface area contributed by atoms with Gasteiger partial charge in [-0.15, -0.1) is 11.3 Å². The van der Waals surface area contributed by atoms with Gasteiger partial charge in [-0.3, -0.25) is 0 Å². The van der Waals surface area contributed by atoms with Crippen LogP contribution in [0.3, 0.4) is 0 Å². The van der Waals surface area contributed by atoms with Crippen molar-refractivity contribution in [3.05, 3.63) is 51.7 Å².